The number of anilines is 1. The first kappa shape index (κ1) is 13.4. The number of nitrogens with zero attached hydrogens (tertiary/aromatic N) is 1. The fourth-order valence-electron chi connectivity index (χ4n) is 1.41. The van der Waals surface area contributed by atoms with Crippen LogP contribution >= 0.6 is 0 Å². The van der Waals surface area contributed by atoms with Crippen LogP contribution in [0.2, 0.25) is 0 Å². The van der Waals surface area contributed by atoms with E-state index in [1.54, 1.807) is 14.0 Å². The molecule has 1 aromatic rings. The molecule has 0 bridgehead atoms. The molecular formula is C12H15F2NO2. The summed E-state index contributed by atoms with van der Waals surface area (Å²) >= 11 is 0. The van der Waals surface area contributed by atoms with Gasteiger partial charge in [-0.3, -0.25) is 4.79 Å². The van der Waals surface area contributed by atoms with Crippen molar-refractivity contribution >= 4 is 11.7 Å². The fraction of sp³-hybridized carbons (Fsp3) is 0.417. The molecule has 0 aliphatic carbocycles. The molecule has 5 heteroatoms. The Balaban J connectivity index is 2.66. The lowest BCUT2D eigenvalue weighted by Crippen LogP contribution is -2.23. The molecule has 1 rings (SSSR count). The first-order valence-electron chi connectivity index (χ1n) is 5.31. The molecule has 1 N–H and O–H groups in total. The van der Waals surface area contributed by atoms with Crippen LogP contribution in [0.1, 0.15) is 13.3 Å². The monoisotopic (exact) mass is 243 g/mol. The van der Waals surface area contributed by atoms with E-state index < -0.39 is 23.5 Å². The molecule has 17 heavy (non-hydrogen) atoms. The molecule has 0 saturated carbocycles. The van der Waals surface area contributed by atoms with Crippen LogP contribution in [0.4, 0.5) is 14.5 Å². The molecule has 0 aliphatic heterocycles. The zero-order chi connectivity index (χ0) is 13.0. The lowest BCUT2D eigenvalue weighted by atomic mass is 10.1. The van der Waals surface area contributed by atoms with Crippen LogP contribution in [0.15, 0.2) is 18.2 Å². The molecule has 0 radical (unpaired) electrons. The second-order valence-electron chi connectivity index (χ2n) is 4.05. The number of halogens is 2. The maximum absolute atomic E-state index is 13.4. The standard InChI is InChI=1S/C12H15F2NO2/c1-8(12(16)17)5-6-15(2)11-7-9(13)3-4-10(11)14/h3-4,7-8H,5-6H2,1-2H3,(H,16,17). The predicted octanol–water partition coefficient (Wildman–Crippen LogP) is 2.51. The maximum atomic E-state index is 13.4. The van der Waals surface area contributed by atoms with Crippen LogP contribution in [-0.4, -0.2) is 24.7 Å². The zero-order valence-electron chi connectivity index (χ0n) is 9.78. The van der Waals surface area contributed by atoms with Crippen molar-refractivity contribution in [1.82, 2.24) is 0 Å². The molecule has 94 valence electrons. The van der Waals surface area contributed by atoms with Crippen molar-refractivity contribution in [3.05, 3.63) is 29.8 Å². The minimum Gasteiger partial charge on any atom is -0.481 e. The van der Waals surface area contributed by atoms with Crippen molar-refractivity contribution < 1.29 is 18.7 Å². The molecule has 0 amide bonds. The maximum Gasteiger partial charge on any atom is 0.306 e. The molecule has 0 heterocycles. The van der Waals surface area contributed by atoms with E-state index in [1.807, 2.05) is 0 Å². The first-order valence-corrected chi connectivity index (χ1v) is 5.31. The average molecular weight is 243 g/mol. The smallest absolute Gasteiger partial charge is 0.306 e. The zero-order valence-corrected chi connectivity index (χ0v) is 9.78. The van der Waals surface area contributed by atoms with E-state index in [1.165, 1.54) is 4.90 Å². The third kappa shape index (κ3) is 3.69. The Morgan fingerprint density at radius 2 is 2.12 bits per heavy atom. The van der Waals surface area contributed by atoms with E-state index in [9.17, 15) is 13.6 Å². The largest absolute Gasteiger partial charge is 0.481 e. The second kappa shape index (κ2) is 5.61. The highest BCUT2D eigenvalue weighted by atomic mass is 19.1. The van der Waals surface area contributed by atoms with Crippen molar-refractivity contribution in [2.45, 2.75) is 13.3 Å². The van der Waals surface area contributed by atoms with Crippen LogP contribution in [-0.2, 0) is 4.79 Å². The van der Waals surface area contributed by atoms with Crippen LogP contribution in [0, 0.1) is 17.6 Å². The van der Waals surface area contributed by atoms with E-state index in [2.05, 4.69) is 0 Å². The quantitative estimate of drug-likeness (QED) is 0.863. The minimum absolute atomic E-state index is 0.141. The number of carboxylic acid groups (broad SMARTS) is 1. The first-order chi connectivity index (χ1) is 7.91. The van der Waals surface area contributed by atoms with Gasteiger partial charge in [-0.15, -0.1) is 0 Å². The third-order valence-electron chi connectivity index (χ3n) is 2.64. The van der Waals surface area contributed by atoms with Crippen LogP contribution in [0.5, 0.6) is 0 Å². The highest BCUT2D eigenvalue weighted by molar-refractivity contribution is 5.69. The topological polar surface area (TPSA) is 40.5 Å². The third-order valence-corrected chi connectivity index (χ3v) is 2.64. The van der Waals surface area contributed by atoms with Gasteiger partial charge in [0.15, 0.2) is 0 Å². The normalized spacial score (nSPS) is 12.2. The molecule has 1 unspecified atom stereocenters. The summed E-state index contributed by atoms with van der Waals surface area (Å²) in [5.74, 6) is -2.43. The molecule has 1 atom stereocenters. The van der Waals surface area contributed by atoms with E-state index in [4.69, 9.17) is 5.11 Å². The second-order valence-corrected chi connectivity index (χ2v) is 4.05. The SMILES string of the molecule is CC(CCN(C)c1cc(F)ccc1F)C(=O)O. The molecule has 1 aromatic carbocycles. The van der Waals surface area contributed by atoms with Crippen molar-refractivity contribution in [3.8, 4) is 0 Å². The molecule has 3 nitrogen and oxygen atoms in total. The van der Waals surface area contributed by atoms with Gasteiger partial charge in [-0.25, -0.2) is 8.78 Å². The van der Waals surface area contributed by atoms with Crippen LogP contribution in [0.25, 0.3) is 0 Å². The van der Waals surface area contributed by atoms with Crippen LogP contribution in [0.3, 0.4) is 0 Å². The van der Waals surface area contributed by atoms with Crippen molar-refractivity contribution in [3.63, 3.8) is 0 Å². The van der Waals surface area contributed by atoms with Crippen molar-refractivity contribution in [2.24, 2.45) is 5.92 Å². The number of benzene rings is 1. The number of carbonyl (C=O) groups is 1. The lowest BCUT2D eigenvalue weighted by molar-refractivity contribution is -0.141. The minimum atomic E-state index is -0.891. The summed E-state index contributed by atoms with van der Waals surface area (Å²) in [7, 11) is 1.60. The van der Waals surface area contributed by atoms with Gasteiger partial charge < -0.3 is 10.0 Å². The highest BCUT2D eigenvalue weighted by Crippen LogP contribution is 2.20. The molecule has 0 spiro atoms. The van der Waals surface area contributed by atoms with Crippen molar-refractivity contribution in [2.75, 3.05) is 18.5 Å². The fourth-order valence-corrected chi connectivity index (χ4v) is 1.41. The summed E-state index contributed by atoms with van der Waals surface area (Å²) in [5, 5.41) is 8.71. The lowest BCUT2D eigenvalue weighted by Gasteiger charge is -2.20. The number of hydrogen-bond acceptors (Lipinski definition) is 2. The summed E-state index contributed by atoms with van der Waals surface area (Å²) in [6.45, 7) is 1.94. The number of hydrogen-bond donors (Lipinski definition) is 1. The van der Waals surface area contributed by atoms with Gasteiger partial charge >= 0.3 is 5.97 Å². The van der Waals surface area contributed by atoms with Gasteiger partial charge in [0.2, 0.25) is 0 Å². The summed E-state index contributed by atoms with van der Waals surface area (Å²) in [6, 6.07) is 3.20. The van der Waals surface area contributed by atoms with Gasteiger partial charge in [-0.05, 0) is 18.6 Å². The Morgan fingerprint density at radius 3 is 2.71 bits per heavy atom. The average Bonchev–Trinajstić information content (AvgIpc) is 2.28. The van der Waals surface area contributed by atoms with Gasteiger partial charge in [-0.2, -0.15) is 0 Å². The molecule has 0 fully saturated rings. The number of carboxylic acids is 1. The van der Waals surface area contributed by atoms with Gasteiger partial charge in [-0.1, -0.05) is 6.92 Å². The van der Waals surface area contributed by atoms with Crippen molar-refractivity contribution in [1.29, 1.82) is 0 Å². The van der Waals surface area contributed by atoms with Gasteiger partial charge in [0.25, 0.3) is 0 Å². The van der Waals surface area contributed by atoms with Gasteiger partial charge in [0.1, 0.15) is 11.6 Å². The van der Waals surface area contributed by atoms with Crippen LogP contribution < -0.4 is 4.90 Å². The Kier molecular flexibility index (Phi) is 4.43. The van der Waals surface area contributed by atoms with E-state index in [0.29, 0.717) is 13.0 Å². The van der Waals surface area contributed by atoms with E-state index in [0.717, 1.165) is 18.2 Å². The predicted molar refractivity (Wildman–Crippen MR) is 61.0 cm³/mol. The van der Waals surface area contributed by atoms with E-state index >= 15 is 0 Å². The summed E-state index contributed by atoms with van der Waals surface area (Å²) in [4.78, 5) is 12.1. The van der Waals surface area contributed by atoms with E-state index in [-0.39, 0.29) is 5.69 Å². The summed E-state index contributed by atoms with van der Waals surface area (Å²) < 4.78 is 26.3. The molecular weight excluding hydrogens is 228 g/mol. The van der Waals surface area contributed by atoms with Gasteiger partial charge in [0.05, 0.1) is 11.6 Å². The molecule has 0 aromatic heterocycles. The Hall–Kier alpha value is -1.65. The number of aliphatic carboxylic acids is 1. The summed E-state index contributed by atoms with van der Waals surface area (Å²) in [6.07, 6.45) is 0.377. The Morgan fingerprint density at radius 1 is 1.47 bits per heavy atom. The summed E-state index contributed by atoms with van der Waals surface area (Å²) in [5.41, 5.74) is 0.141. The highest BCUT2D eigenvalue weighted by Gasteiger charge is 2.14. The molecule has 0 aliphatic rings. The van der Waals surface area contributed by atoms with Gasteiger partial charge in [0, 0.05) is 19.7 Å². The number of rotatable bonds is 5. The molecule has 0 saturated heterocycles. The Bertz CT molecular complexity index is 409. The Labute approximate surface area is 98.7 Å².